The van der Waals surface area contributed by atoms with E-state index < -0.39 is 0 Å². The Kier molecular flexibility index (Phi) is 3.75. The van der Waals surface area contributed by atoms with Gasteiger partial charge in [0.1, 0.15) is 11.4 Å². The smallest absolute Gasteiger partial charge is 0.252 e. The molecule has 0 bridgehead atoms. The molecule has 1 aromatic heterocycles. The summed E-state index contributed by atoms with van der Waals surface area (Å²) in [4.78, 5) is 16.8. The highest BCUT2D eigenvalue weighted by Crippen LogP contribution is 2.47. The number of hydrogen-bond acceptors (Lipinski definition) is 3. The molecule has 24 heavy (non-hydrogen) atoms. The Hall–Kier alpha value is -2.36. The predicted molar refractivity (Wildman–Crippen MR) is 92.1 cm³/mol. The fraction of sp³-hybridized carbons (Fsp3) is 0.400. The fourth-order valence-electron chi connectivity index (χ4n) is 4.04. The van der Waals surface area contributed by atoms with Crippen molar-refractivity contribution in [1.82, 2.24) is 10.3 Å². The first-order valence-electron chi connectivity index (χ1n) is 8.66. The molecule has 1 saturated carbocycles. The van der Waals surface area contributed by atoms with Crippen LogP contribution in [0.1, 0.15) is 59.6 Å². The van der Waals surface area contributed by atoms with E-state index in [-0.39, 0.29) is 17.6 Å². The highest BCUT2D eigenvalue weighted by atomic mass is 16.5. The molecule has 124 valence electrons. The summed E-state index contributed by atoms with van der Waals surface area (Å²) in [5.74, 6) is 0.882. The van der Waals surface area contributed by atoms with E-state index in [9.17, 15) is 4.79 Å². The minimum Gasteiger partial charge on any atom is -0.487 e. The van der Waals surface area contributed by atoms with Crippen molar-refractivity contribution in [3.63, 3.8) is 0 Å². The van der Waals surface area contributed by atoms with Crippen molar-refractivity contribution >= 4 is 5.91 Å². The van der Waals surface area contributed by atoms with Crippen LogP contribution in [0.15, 0.2) is 42.7 Å². The zero-order chi connectivity index (χ0) is 16.6. The molecule has 1 amide bonds. The lowest BCUT2D eigenvalue weighted by atomic mass is 9.85. The number of para-hydroxylation sites is 1. The number of ether oxygens (including phenoxy) is 1. The molecule has 1 aromatic carbocycles. The molecule has 0 radical (unpaired) electrons. The van der Waals surface area contributed by atoms with Crippen molar-refractivity contribution in [2.24, 2.45) is 0 Å². The number of nitrogens with one attached hydrogen (secondary N) is 1. The summed E-state index contributed by atoms with van der Waals surface area (Å²) >= 11 is 0. The van der Waals surface area contributed by atoms with Crippen LogP contribution in [0.4, 0.5) is 0 Å². The lowest BCUT2D eigenvalue weighted by Gasteiger charge is -2.40. The first kappa shape index (κ1) is 15.2. The van der Waals surface area contributed by atoms with Crippen LogP contribution in [0.3, 0.4) is 0 Å². The van der Waals surface area contributed by atoms with Gasteiger partial charge in [0.25, 0.3) is 5.91 Å². The Morgan fingerprint density at radius 1 is 1.25 bits per heavy atom. The van der Waals surface area contributed by atoms with Crippen LogP contribution in [0.5, 0.6) is 5.75 Å². The van der Waals surface area contributed by atoms with Crippen LogP contribution < -0.4 is 10.1 Å². The van der Waals surface area contributed by atoms with Gasteiger partial charge in [-0.25, -0.2) is 0 Å². The number of carbonyl (C=O) groups is 1. The van der Waals surface area contributed by atoms with Gasteiger partial charge >= 0.3 is 0 Å². The molecule has 1 aliphatic carbocycles. The Bertz CT molecular complexity index is 766. The van der Waals surface area contributed by atoms with E-state index in [1.54, 1.807) is 18.5 Å². The number of pyridine rings is 1. The summed E-state index contributed by atoms with van der Waals surface area (Å²) in [6.45, 7) is 1.91. The summed E-state index contributed by atoms with van der Waals surface area (Å²) in [5.41, 5.74) is 2.55. The van der Waals surface area contributed by atoms with Gasteiger partial charge in [-0.3, -0.25) is 9.78 Å². The van der Waals surface area contributed by atoms with Gasteiger partial charge in [-0.05, 0) is 50.3 Å². The van der Waals surface area contributed by atoms with Gasteiger partial charge in [0.2, 0.25) is 0 Å². The molecule has 2 heterocycles. The maximum Gasteiger partial charge on any atom is 0.252 e. The molecule has 1 spiro atoms. The molecule has 2 aromatic rings. The lowest BCUT2D eigenvalue weighted by Crippen LogP contribution is -2.43. The molecule has 1 atom stereocenters. The van der Waals surface area contributed by atoms with Gasteiger partial charge in [0, 0.05) is 29.9 Å². The average Bonchev–Trinajstić information content (AvgIpc) is 3.02. The van der Waals surface area contributed by atoms with E-state index in [0.29, 0.717) is 5.56 Å². The Balaban J connectivity index is 1.64. The average molecular weight is 322 g/mol. The molecule has 2 aliphatic rings. The highest BCUT2D eigenvalue weighted by Gasteiger charge is 2.43. The van der Waals surface area contributed by atoms with E-state index in [1.807, 2.05) is 25.1 Å². The normalized spacial score (nSPS) is 21.1. The van der Waals surface area contributed by atoms with Crippen LogP contribution in [-0.4, -0.2) is 16.5 Å². The molecule has 0 saturated heterocycles. The predicted octanol–water partition coefficient (Wildman–Crippen LogP) is 3.96. The second-order valence-electron chi connectivity index (χ2n) is 6.95. The monoisotopic (exact) mass is 322 g/mol. The van der Waals surface area contributed by atoms with Crippen LogP contribution in [0, 0.1) is 6.92 Å². The van der Waals surface area contributed by atoms with Gasteiger partial charge in [0.05, 0.1) is 6.04 Å². The van der Waals surface area contributed by atoms with E-state index >= 15 is 0 Å². The third-order valence-electron chi connectivity index (χ3n) is 5.28. The molecule has 1 aliphatic heterocycles. The maximum absolute atomic E-state index is 12.8. The third kappa shape index (κ3) is 2.66. The summed E-state index contributed by atoms with van der Waals surface area (Å²) < 4.78 is 6.36. The molecule has 1 N–H and O–H groups in total. The fourth-order valence-corrected chi connectivity index (χ4v) is 4.04. The maximum atomic E-state index is 12.8. The Morgan fingerprint density at radius 3 is 2.83 bits per heavy atom. The number of amides is 1. The largest absolute Gasteiger partial charge is 0.487 e. The number of hydrogen-bond donors (Lipinski definition) is 1. The SMILES string of the molecule is Cc1cnccc1C(=O)NC1CC2(CCCC2)Oc2ccccc21. The first-order valence-corrected chi connectivity index (χ1v) is 8.66. The number of aryl methyl sites for hydroxylation is 1. The van der Waals surface area contributed by atoms with Gasteiger partial charge < -0.3 is 10.1 Å². The number of rotatable bonds is 2. The van der Waals surface area contributed by atoms with Gasteiger partial charge in [-0.15, -0.1) is 0 Å². The van der Waals surface area contributed by atoms with E-state index in [1.165, 1.54) is 12.8 Å². The second kappa shape index (κ2) is 5.93. The summed E-state index contributed by atoms with van der Waals surface area (Å²) in [6.07, 6.45) is 8.78. The Morgan fingerprint density at radius 2 is 2.04 bits per heavy atom. The van der Waals surface area contributed by atoms with Crippen LogP contribution in [-0.2, 0) is 0 Å². The van der Waals surface area contributed by atoms with E-state index in [2.05, 4.69) is 16.4 Å². The van der Waals surface area contributed by atoms with Crippen molar-refractivity contribution in [1.29, 1.82) is 0 Å². The number of fused-ring (bicyclic) bond motifs is 1. The minimum absolute atomic E-state index is 0.00637. The van der Waals surface area contributed by atoms with Crippen LogP contribution >= 0.6 is 0 Å². The number of nitrogens with zero attached hydrogens (tertiary/aromatic N) is 1. The van der Waals surface area contributed by atoms with E-state index in [0.717, 1.165) is 36.1 Å². The summed E-state index contributed by atoms with van der Waals surface area (Å²) in [5, 5.41) is 3.24. The third-order valence-corrected chi connectivity index (χ3v) is 5.28. The molecule has 4 nitrogen and oxygen atoms in total. The second-order valence-corrected chi connectivity index (χ2v) is 6.95. The first-order chi connectivity index (χ1) is 11.7. The van der Waals surface area contributed by atoms with Crippen LogP contribution in [0.2, 0.25) is 0 Å². The zero-order valence-corrected chi connectivity index (χ0v) is 13.9. The molecule has 4 rings (SSSR count). The van der Waals surface area contributed by atoms with Crippen molar-refractivity contribution in [3.05, 3.63) is 59.4 Å². The van der Waals surface area contributed by atoms with Crippen molar-refractivity contribution < 1.29 is 9.53 Å². The van der Waals surface area contributed by atoms with Crippen molar-refractivity contribution in [2.75, 3.05) is 0 Å². The topological polar surface area (TPSA) is 51.2 Å². The molecule has 4 heteroatoms. The number of benzene rings is 1. The lowest BCUT2D eigenvalue weighted by molar-refractivity contribution is 0.0360. The zero-order valence-electron chi connectivity index (χ0n) is 13.9. The van der Waals surface area contributed by atoms with Gasteiger partial charge in [-0.1, -0.05) is 18.2 Å². The molecular formula is C20H22N2O2. The standard InChI is InChI=1S/C20H22N2O2/c1-14-13-21-11-8-15(14)19(23)22-17-12-20(9-4-5-10-20)24-18-7-3-2-6-16(17)18/h2-3,6-8,11,13,17H,4-5,9-10,12H2,1H3,(H,22,23). The van der Waals surface area contributed by atoms with Crippen molar-refractivity contribution in [3.8, 4) is 5.75 Å². The number of aromatic nitrogens is 1. The van der Waals surface area contributed by atoms with Crippen molar-refractivity contribution in [2.45, 2.75) is 50.7 Å². The van der Waals surface area contributed by atoms with Gasteiger partial charge in [0.15, 0.2) is 0 Å². The number of carbonyl (C=O) groups excluding carboxylic acids is 1. The summed E-state index contributed by atoms with van der Waals surface area (Å²) in [7, 11) is 0. The van der Waals surface area contributed by atoms with Gasteiger partial charge in [-0.2, -0.15) is 0 Å². The highest BCUT2D eigenvalue weighted by molar-refractivity contribution is 5.95. The molecular weight excluding hydrogens is 300 g/mol. The summed E-state index contributed by atoms with van der Waals surface area (Å²) in [6, 6.07) is 9.85. The molecule has 1 fully saturated rings. The molecule has 1 unspecified atom stereocenters. The Labute approximate surface area is 142 Å². The quantitative estimate of drug-likeness (QED) is 0.910. The van der Waals surface area contributed by atoms with Crippen LogP contribution in [0.25, 0.3) is 0 Å². The minimum atomic E-state index is -0.112. The van der Waals surface area contributed by atoms with E-state index in [4.69, 9.17) is 4.74 Å².